The third-order valence-electron chi connectivity index (χ3n) is 3.10. The zero-order valence-corrected chi connectivity index (χ0v) is 11.1. The van der Waals surface area contributed by atoms with Gasteiger partial charge in [0.2, 0.25) is 0 Å². The Morgan fingerprint density at radius 2 is 2.33 bits per heavy atom. The van der Waals surface area contributed by atoms with Crippen LogP contribution in [-0.2, 0) is 19.4 Å². The van der Waals surface area contributed by atoms with Crippen LogP contribution in [0.3, 0.4) is 0 Å². The fourth-order valence-corrected chi connectivity index (χ4v) is 3.53. The van der Waals surface area contributed by atoms with Gasteiger partial charge in [0.25, 0.3) is 5.56 Å². The van der Waals surface area contributed by atoms with E-state index in [9.17, 15) is 4.79 Å². The number of anilines is 1. The molecular formula is C13H15N3OS. The number of hydrogen-bond donors (Lipinski definition) is 2. The SMILES string of the molecule is Cc1nc(NCc2cc3c(s2)CCC3)cc(=O)[nH]1. The minimum absolute atomic E-state index is 0.112. The first-order valence-corrected chi connectivity index (χ1v) is 6.94. The van der Waals surface area contributed by atoms with Gasteiger partial charge in [0.15, 0.2) is 0 Å². The molecule has 0 aliphatic heterocycles. The molecule has 0 saturated heterocycles. The molecule has 94 valence electrons. The van der Waals surface area contributed by atoms with Crippen molar-refractivity contribution in [3.8, 4) is 0 Å². The molecule has 2 aromatic heterocycles. The van der Waals surface area contributed by atoms with Crippen molar-refractivity contribution in [3.05, 3.63) is 43.6 Å². The van der Waals surface area contributed by atoms with E-state index in [2.05, 4.69) is 21.4 Å². The van der Waals surface area contributed by atoms with Crippen molar-refractivity contribution in [2.45, 2.75) is 32.7 Å². The fourth-order valence-electron chi connectivity index (χ4n) is 2.33. The summed E-state index contributed by atoms with van der Waals surface area (Å²) >= 11 is 1.87. The van der Waals surface area contributed by atoms with Gasteiger partial charge in [-0.05, 0) is 37.8 Å². The summed E-state index contributed by atoms with van der Waals surface area (Å²) in [6.45, 7) is 2.53. The maximum atomic E-state index is 11.3. The molecule has 5 heteroatoms. The number of nitrogens with one attached hydrogen (secondary N) is 2. The zero-order chi connectivity index (χ0) is 12.5. The van der Waals surface area contributed by atoms with E-state index in [0.29, 0.717) is 11.6 Å². The molecule has 0 amide bonds. The van der Waals surface area contributed by atoms with Crippen LogP contribution in [-0.4, -0.2) is 9.97 Å². The quantitative estimate of drug-likeness (QED) is 0.891. The Labute approximate surface area is 109 Å². The molecule has 0 saturated carbocycles. The second-order valence-electron chi connectivity index (χ2n) is 4.58. The Morgan fingerprint density at radius 1 is 1.44 bits per heavy atom. The van der Waals surface area contributed by atoms with Gasteiger partial charge in [-0.1, -0.05) is 0 Å². The van der Waals surface area contributed by atoms with Crippen LogP contribution in [0, 0.1) is 6.92 Å². The van der Waals surface area contributed by atoms with Crippen molar-refractivity contribution in [1.29, 1.82) is 0 Å². The van der Waals surface area contributed by atoms with E-state index in [1.54, 1.807) is 6.92 Å². The smallest absolute Gasteiger partial charge is 0.252 e. The van der Waals surface area contributed by atoms with E-state index < -0.39 is 0 Å². The molecule has 0 bridgehead atoms. The molecule has 1 aliphatic rings. The lowest BCUT2D eigenvalue weighted by Gasteiger charge is -2.04. The van der Waals surface area contributed by atoms with Crippen molar-refractivity contribution in [1.82, 2.24) is 9.97 Å². The zero-order valence-electron chi connectivity index (χ0n) is 10.2. The standard InChI is InChI=1S/C13H15N3OS/c1-8-15-12(6-13(17)16-8)14-7-10-5-9-3-2-4-11(9)18-10/h5-6H,2-4,7H2,1H3,(H2,14,15,16,17). The molecule has 18 heavy (non-hydrogen) atoms. The molecule has 0 spiro atoms. The fraction of sp³-hybridized carbons (Fsp3) is 0.385. The highest BCUT2D eigenvalue weighted by molar-refractivity contribution is 7.12. The topological polar surface area (TPSA) is 57.8 Å². The summed E-state index contributed by atoms with van der Waals surface area (Å²) in [5.41, 5.74) is 1.39. The first-order chi connectivity index (χ1) is 8.70. The number of aryl methyl sites for hydroxylation is 3. The minimum atomic E-state index is -0.112. The van der Waals surface area contributed by atoms with Crippen LogP contribution in [0.4, 0.5) is 5.82 Å². The third kappa shape index (κ3) is 2.31. The normalized spacial score (nSPS) is 13.6. The average Bonchev–Trinajstić information content (AvgIpc) is 2.84. The molecule has 0 fully saturated rings. The maximum absolute atomic E-state index is 11.3. The summed E-state index contributed by atoms with van der Waals surface area (Å²) in [6, 6.07) is 3.77. The Bertz CT molecular complexity index is 608. The number of aromatic amines is 1. The van der Waals surface area contributed by atoms with Crippen molar-refractivity contribution < 1.29 is 0 Å². The van der Waals surface area contributed by atoms with Crippen LogP contribution >= 0.6 is 11.3 Å². The lowest BCUT2D eigenvalue weighted by Crippen LogP contribution is -2.11. The van der Waals surface area contributed by atoms with Crippen LogP contribution in [0.25, 0.3) is 0 Å². The van der Waals surface area contributed by atoms with Crippen LogP contribution < -0.4 is 10.9 Å². The highest BCUT2D eigenvalue weighted by Crippen LogP contribution is 2.30. The van der Waals surface area contributed by atoms with Gasteiger partial charge in [-0.2, -0.15) is 0 Å². The number of thiophene rings is 1. The van der Waals surface area contributed by atoms with Gasteiger partial charge < -0.3 is 10.3 Å². The van der Waals surface area contributed by atoms with Gasteiger partial charge in [-0.15, -0.1) is 11.3 Å². The monoisotopic (exact) mass is 261 g/mol. The first kappa shape index (κ1) is 11.5. The second-order valence-corrected chi connectivity index (χ2v) is 5.81. The maximum Gasteiger partial charge on any atom is 0.252 e. The lowest BCUT2D eigenvalue weighted by molar-refractivity contribution is 0.913. The van der Waals surface area contributed by atoms with Crippen LogP contribution in [0.15, 0.2) is 16.9 Å². The van der Waals surface area contributed by atoms with E-state index in [-0.39, 0.29) is 5.56 Å². The van der Waals surface area contributed by atoms with Crippen molar-refractivity contribution in [3.63, 3.8) is 0 Å². The molecular weight excluding hydrogens is 246 g/mol. The van der Waals surface area contributed by atoms with Crippen molar-refractivity contribution in [2.75, 3.05) is 5.32 Å². The number of nitrogens with zero attached hydrogens (tertiary/aromatic N) is 1. The van der Waals surface area contributed by atoms with Gasteiger partial charge in [0, 0.05) is 15.8 Å². The Kier molecular flexibility index (Phi) is 2.91. The number of fused-ring (bicyclic) bond motifs is 1. The molecule has 0 atom stereocenters. The Hall–Kier alpha value is -1.62. The van der Waals surface area contributed by atoms with E-state index in [1.807, 2.05) is 11.3 Å². The summed E-state index contributed by atoms with van der Waals surface area (Å²) in [5.74, 6) is 1.28. The van der Waals surface area contributed by atoms with Gasteiger partial charge in [0.05, 0.1) is 6.54 Å². The average molecular weight is 261 g/mol. The number of hydrogen-bond acceptors (Lipinski definition) is 4. The summed E-state index contributed by atoms with van der Waals surface area (Å²) in [4.78, 5) is 21.0. The van der Waals surface area contributed by atoms with Gasteiger partial charge in [-0.25, -0.2) is 4.98 Å². The van der Waals surface area contributed by atoms with Gasteiger partial charge >= 0.3 is 0 Å². The summed E-state index contributed by atoms with van der Waals surface area (Å²) in [6.07, 6.45) is 3.74. The highest BCUT2D eigenvalue weighted by atomic mass is 32.1. The van der Waals surface area contributed by atoms with E-state index in [1.165, 1.54) is 40.6 Å². The molecule has 1 aliphatic carbocycles. The molecule has 4 nitrogen and oxygen atoms in total. The first-order valence-electron chi connectivity index (χ1n) is 6.13. The Morgan fingerprint density at radius 3 is 3.11 bits per heavy atom. The van der Waals surface area contributed by atoms with Gasteiger partial charge in [-0.3, -0.25) is 4.79 Å². The number of rotatable bonds is 3. The minimum Gasteiger partial charge on any atom is -0.365 e. The summed E-state index contributed by atoms with van der Waals surface area (Å²) in [7, 11) is 0. The molecule has 2 aromatic rings. The molecule has 0 unspecified atom stereocenters. The van der Waals surface area contributed by atoms with Crippen LogP contribution in [0.2, 0.25) is 0 Å². The van der Waals surface area contributed by atoms with Gasteiger partial charge in [0.1, 0.15) is 11.6 Å². The summed E-state index contributed by atoms with van der Waals surface area (Å²) in [5, 5.41) is 3.21. The third-order valence-corrected chi connectivity index (χ3v) is 4.34. The number of H-pyrrole nitrogens is 1. The lowest BCUT2D eigenvalue weighted by atomic mass is 10.2. The van der Waals surface area contributed by atoms with E-state index in [4.69, 9.17) is 0 Å². The predicted octanol–water partition coefficient (Wildman–Crippen LogP) is 2.24. The molecule has 2 N–H and O–H groups in total. The molecule has 3 rings (SSSR count). The molecule has 0 aromatic carbocycles. The molecule has 0 radical (unpaired) electrons. The largest absolute Gasteiger partial charge is 0.365 e. The van der Waals surface area contributed by atoms with Crippen molar-refractivity contribution in [2.24, 2.45) is 0 Å². The second kappa shape index (κ2) is 4.57. The van der Waals surface area contributed by atoms with E-state index >= 15 is 0 Å². The predicted molar refractivity (Wildman–Crippen MR) is 73.3 cm³/mol. The Balaban J connectivity index is 1.71. The number of aromatic nitrogens is 2. The summed E-state index contributed by atoms with van der Waals surface area (Å²) < 4.78 is 0. The highest BCUT2D eigenvalue weighted by Gasteiger charge is 2.14. The van der Waals surface area contributed by atoms with Crippen LogP contribution in [0.5, 0.6) is 0 Å². The van der Waals surface area contributed by atoms with Crippen LogP contribution in [0.1, 0.15) is 27.6 Å². The molecule has 2 heterocycles. The van der Waals surface area contributed by atoms with Crippen molar-refractivity contribution >= 4 is 17.2 Å². The van der Waals surface area contributed by atoms with E-state index in [0.717, 1.165) is 6.54 Å².